The Balaban J connectivity index is 0.000000520. The second-order valence-corrected chi connectivity index (χ2v) is 5.40. The molecule has 0 unspecified atom stereocenters. The van der Waals surface area contributed by atoms with E-state index < -0.39 is 70.0 Å². The molecule has 184 valence electrons. The lowest BCUT2D eigenvalue weighted by Gasteiger charge is -2.09. The second kappa shape index (κ2) is 12.4. The molecule has 33 heavy (non-hydrogen) atoms. The molecular weight excluding hydrogens is 487 g/mol. The maximum atomic E-state index is 12.6. The fraction of sp³-hybridized carbons (Fsp3) is 0.250. The SMILES string of the molecule is O=[N+]([O-])c1ccc(F)cc1F.O=[N+]([O-])c1ccc(F)cc1OCC(F)(F)F.OCC(F)(F)F. The first kappa shape index (κ1) is 29.4. The Morgan fingerprint density at radius 2 is 1.21 bits per heavy atom. The van der Waals surface area contributed by atoms with Crippen LogP contribution in [0.3, 0.4) is 0 Å². The van der Waals surface area contributed by atoms with E-state index in [1.54, 1.807) is 0 Å². The largest absolute Gasteiger partial charge is 0.477 e. The molecule has 0 atom stereocenters. The number of ether oxygens (including phenoxy) is 1. The van der Waals surface area contributed by atoms with E-state index in [9.17, 15) is 59.7 Å². The van der Waals surface area contributed by atoms with Crippen LogP contribution in [0.4, 0.5) is 50.9 Å². The summed E-state index contributed by atoms with van der Waals surface area (Å²) in [7, 11) is 0. The quantitative estimate of drug-likeness (QED) is 0.357. The molecule has 2 aromatic rings. The number of halogens is 9. The topological polar surface area (TPSA) is 116 Å². The van der Waals surface area contributed by atoms with Gasteiger partial charge in [0.25, 0.3) is 0 Å². The summed E-state index contributed by atoms with van der Waals surface area (Å²) in [5, 5.41) is 27.6. The van der Waals surface area contributed by atoms with E-state index in [4.69, 9.17) is 5.11 Å². The van der Waals surface area contributed by atoms with E-state index in [2.05, 4.69) is 4.74 Å². The summed E-state index contributed by atoms with van der Waals surface area (Å²) in [6, 6.07) is 4.12. The molecule has 0 heterocycles. The van der Waals surface area contributed by atoms with Crippen LogP contribution in [0.5, 0.6) is 5.75 Å². The Morgan fingerprint density at radius 3 is 1.58 bits per heavy atom. The van der Waals surface area contributed by atoms with Gasteiger partial charge < -0.3 is 9.84 Å². The summed E-state index contributed by atoms with van der Waals surface area (Å²) in [6.45, 7) is -3.44. The first-order chi connectivity index (χ1) is 15.0. The number of aliphatic hydroxyl groups excluding tert-OH is 1. The molecule has 17 heteroatoms. The Bertz CT molecular complexity index is 951. The van der Waals surface area contributed by atoms with Crippen molar-refractivity contribution in [3.05, 3.63) is 74.1 Å². The van der Waals surface area contributed by atoms with Gasteiger partial charge in [0, 0.05) is 24.3 Å². The third kappa shape index (κ3) is 12.7. The summed E-state index contributed by atoms with van der Waals surface area (Å²) in [4.78, 5) is 18.5. The Hall–Kier alpha value is -3.63. The van der Waals surface area contributed by atoms with Gasteiger partial charge in [0.2, 0.25) is 5.82 Å². The van der Waals surface area contributed by atoms with Crippen LogP contribution in [0, 0.1) is 37.7 Å². The predicted molar refractivity (Wildman–Crippen MR) is 90.8 cm³/mol. The number of aliphatic hydroxyl groups is 1. The molecule has 0 radical (unpaired) electrons. The van der Waals surface area contributed by atoms with Crippen molar-refractivity contribution < 1.29 is 59.2 Å². The third-order valence-corrected chi connectivity index (χ3v) is 2.80. The fourth-order valence-corrected chi connectivity index (χ4v) is 1.54. The summed E-state index contributed by atoms with van der Waals surface area (Å²) >= 11 is 0. The molecule has 1 N–H and O–H groups in total. The maximum Gasteiger partial charge on any atom is 0.422 e. The summed E-state index contributed by atoms with van der Waals surface area (Å²) in [5.74, 6) is -3.65. The van der Waals surface area contributed by atoms with Crippen molar-refractivity contribution in [2.45, 2.75) is 12.4 Å². The molecule has 0 aromatic heterocycles. The highest BCUT2D eigenvalue weighted by Gasteiger charge is 2.30. The summed E-state index contributed by atoms with van der Waals surface area (Å²) in [6.07, 6.45) is -9.04. The first-order valence-electron chi connectivity index (χ1n) is 7.87. The molecule has 0 amide bonds. The number of benzene rings is 2. The van der Waals surface area contributed by atoms with Gasteiger partial charge in [0.05, 0.1) is 9.85 Å². The lowest BCUT2D eigenvalue weighted by Crippen LogP contribution is -2.19. The molecule has 8 nitrogen and oxygen atoms in total. The highest BCUT2D eigenvalue weighted by atomic mass is 19.4. The molecule has 0 bridgehead atoms. The molecule has 0 saturated carbocycles. The lowest BCUT2D eigenvalue weighted by molar-refractivity contribution is -0.387. The molecular formula is C16H11F9N2O6. The Morgan fingerprint density at radius 1 is 0.788 bits per heavy atom. The van der Waals surface area contributed by atoms with Crippen LogP contribution < -0.4 is 4.74 Å². The van der Waals surface area contributed by atoms with Crippen molar-refractivity contribution in [1.82, 2.24) is 0 Å². The highest BCUT2D eigenvalue weighted by Crippen LogP contribution is 2.29. The van der Waals surface area contributed by atoms with Gasteiger partial charge in [-0.1, -0.05) is 0 Å². The van der Waals surface area contributed by atoms with E-state index >= 15 is 0 Å². The van der Waals surface area contributed by atoms with Crippen LogP contribution in [0.1, 0.15) is 0 Å². The van der Waals surface area contributed by atoms with Gasteiger partial charge in [-0.3, -0.25) is 20.2 Å². The van der Waals surface area contributed by atoms with Crippen molar-refractivity contribution in [3.8, 4) is 5.75 Å². The van der Waals surface area contributed by atoms with Gasteiger partial charge >= 0.3 is 23.7 Å². The normalized spacial score (nSPS) is 10.8. The zero-order valence-corrected chi connectivity index (χ0v) is 15.7. The predicted octanol–water partition coefficient (Wildman–Crippen LogP) is 5.09. The van der Waals surface area contributed by atoms with Crippen LogP contribution in [0.2, 0.25) is 0 Å². The molecule has 0 aliphatic rings. The number of nitro benzene ring substituents is 2. The van der Waals surface area contributed by atoms with Crippen molar-refractivity contribution in [2.24, 2.45) is 0 Å². The standard InChI is InChI=1S/C8H5F4NO3.C6H3F2NO2.C2H3F3O/c9-5-1-2-6(13(14)15)7(3-5)16-4-8(10,11)12;7-4-1-2-6(9(10)11)5(8)3-4;3-2(4,5)1-6/h1-3H,4H2;1-3H;6H,1H2. The molecule has 0 aliphatic carbocycles. The number of hydrogen-bond acceptors (Lipinski definition) is 6. The summed E-state index contributed by atoms with van der Waals surface area (Å²) in [5.41, 5.74) is -1.43. The lowest BCUT2D eigenvalue weighted by atomic mass is 10.3. The van der Waals surface area contributed by atoms with E-state index in [1.807, 2.05) is 0 Å². The van der Waals surface area contributed by atoms with Crippen LogP contribution >= 0.6 is 0 Å². The smallest absolute Gasteiger partial charge is 0.422 e. The van der Waals surface area contributed by atoms with Gasteiger partial charge in [-0.05, 0) is 12.1 Å². The van der Waals surface area contributed by atoms with Crippen LogP contribution in [0.25, 0.3) is 0 Å². The highest BCUT2D eigenvalue weighted by molar-refractivity contribution is 5.46. The zero-order chi connectivity index (χ0) is 26.0. The van der Waals surface area contributed by atoms with Crippen molar-refractivity contribution in [1.29, 1.82) is 0 Å². The van der Waals surface area contributed by atoms with Gasteiger partial charge in [-0.2, -0.15) is 30.7 Å². The third-order valence-electron chi connectivity index (χ3n) is 2.80. The Labute approximate surface area is 177 Å². The average molecular weight is 498 g/mol. The number of nitro groups is 2. The number of rotatable bonds is 4. The maximum absolute atomic E-state index is 12.6. The van der Waals surface area contributed by atoms with Gasteiger partial charge in [-0.25, -0.2) is 8.78 Å². The number of nitrogens with zero attached hydrogens (tertiary/aromatic N) is 2. The van der Waals surface area contributed by atoms with Crippen molar-refractivity contribution in [2.75, 3.05) is 13.2 Å². The average Bonchev–Trinajstić information content (AvgIpc) is 2.65. The first-order valence-corrected chi connectivity index (χ1v) is 7.87. The number of alkyl halides is 6. The Kier molecular flexibility index (Phi) is 11.1. The van der Waals surface area contributed by atoms with Gasteiger partial charge in [-0.15, -0.1) is 0 Å². The van der Waals surface area contributed by atoms with E-state index in [0.717, 1.165) is 24.3 Å². The minimum absolute atomic E-state index is 0.470. The number of hydrogen-bond donors (Lipinski definition) is 1. The zero-order valence-electron chi connectivity index (χ0n) is 15.7. The van der Waals surface area contributed by atoms with Gasteiger partial charge in [0.1, 0.15) is 18.2 Å². The van der Waals surface area contributed by atoms with E-state index in [0.29, 0.717) is 12.1 Å². The van der Waals surface area contributed by atoms with E-state index in [1.165, 1.54) is 0 Å². The fourth-order valence-electron chi connectivity index (χ4n) is 1.54. The van der Waals surface area contributed by atoms with Crippen LogP contribution in [-0.2, 0) is 0 Å². The van der Waals surface area contributed by atoms with Gasteiger partial charge in [0.15, 0.2) is 12.4 Å². The van der Waals surface area contributed by atoms with E-state index in [-0.39, 0.29) is 0 Å². The molecule has 2 rings (SSSR count). The molecule has 0 saturated heterocycles. The van der Waals surface area contributed by atoms with Crippen LogP contribution in [-0.4, -0.2) is 40.5 Å². The summed E-state index contributed by atoms with van der Waals surface area (Å²) < 4.78 is 108. The second-order valence-electron chi connectivity index (χ2n) is 5.40. The van der Waals surface area contributed by atoms with Crippen molar-refractivity contribution in [3.63, 3.8) is 0 Å². The molecule has 0 fully saturated rings. The van der Waals surface area contributed by atoms with Crippen LogP contribution in [0.15, 0.2) is 36.4 Å². The minimum atomic E-state index is -4.64. The van der Waals surface area contributed by atoms with Crippen molar-refractivity contribution >= 4 is 11.4 Å². The molecule has 0 aliphatic heterocycles. The minimum Gasteiger partial charge on any atom is -0.477 e. The molecule has 0 spiro atoms. The molecule has 2 aromatic carbocycles. The monoisotopic (exact) mass is 498 g/mol.